The van der Waals surface area contributed by atoms with Gasteiger partial charge in [-0.15, -0.1) is 0 Å². The fourth-order valence-corrected chi connectivity index (χ4v) is 2.46. The largest absolute Gasteiger partial charge is 0.329 e. The van der Waals surface area contributed by atoms with Crippen LogP contribution in [0.4, 0.5) is 0 Å². The molecule has 0 spiro atoms. The molecule has 0 saturated heterocycles. The average molecular weight is 216 g/mol. The van der Waals surface area contributed by atoms with Crippen molar-refractivity contribution in [1.82, 2.24) is 4.98 Å². The molecule has 1 heterocycles. The number of nitrogens with one attached hydrogen (secondary N) is 1. The van der Waals surface area contributed by atoms with Crippen molar-refractivity contribution < 1.29 is 0 Å². The Morgan fingerprint density at radius 3 is 2.94 bits per heavy atom. The fraction of sp³-hybridized carbons (Fsp3) is 0.538. The summed E-state index contributed by atoms with van der Waals surface area (Å²) in [5, 5.41) is 9.37. The summed E-state index contributed by atoms with van der Waals surface area (Å²) < 4.78 is 0. The molecular formula is C13H16N2O. The number of hydrogen-bond donors (Lipinski definition) is 1. The first-order valence-corrected chi connectivity index (χ1v) is 5.70. The van der Waals surface area contributed by atoms with Gasteiger partial charge >= 0.3 is 0 Å². The van der Waals surface area contributed by atoms with E-state index in [0.29, 0.717) is 6.42 Å². The lowest BCUT2D eigenvalue weighted by molar-refractivity contribution is 0.240. The molecule has 0 aromatic carbocycles. The molecule has 0 amide bonds. The third-order valence-electron chi connectivity index (χ3n) is 3.82. The topological polar surface area (TPSA) is 56.6 Å². The second kappa shape index (κ2) is 3.79. The highest BCUT2D eigenvalue weighted by atomic mass is 16.1. The molecule has 3 heteroatoms. The number of aromatic nitrogens is 1. The van der Waals surface area contributed by atoms with Crippen molar-refractivity contribution >= 4 is 0 Å². The molecule has 1 atom stereocenters. The molecule has 1 unspecified atom stereocenters. The van der Waals surface area contributed by atoms with E-state index in [1.54, 1.807) is 6.20 Å². The number of hydrogen-bond acceptors (Lipinski definition) is 2. The summed E-state index contributed by atoms with van der Waals surface area (Å²) in [6.45, 7) is 4.12. The molecule has 1 aromatic heterocycles. The van der Waals surface area contributed by atoms with Crippen molar-refractivity contribution in [2.45, 2.75) is 33.1 Å². The smallest absolute Gasteiger partial charge is 0.251 e. The standard InChI is InChI=1S/C13H16N2O/c1-9(2)13(8-14)5-3-10-4-6-15-12(16)11(10)7-13/h4,6,9H,3,5,7H2,1-2H3,(H,15,16). The summed E-state index contributed by atoms with van der Waals surface area (Å²) >= 11 is 0. The van der Waals surface area contributed by atoms with Gasteiger partial charge in [0.15, 0.2) is 0 Å². The molecule has 1 N–H and O–H groups in total. The molecule has 0 saturated carbocycles. The van der Waals surface area contributed by atoms with Crippen molar-refractivity contribution in [3.63, 3.8) is 0 Å². The molecule has 0 aliphatic heterocycles. The lowest BCUT2D eigenvalue weighted by Gasteiger charge is -2.34. The third-order valence-corrected chi connectivity index (χ3v) is 3.82. The predicted octanol–water partition coefficient (Wildman–Crippen LogP) is 2.03. The monoisotopic (exact) mass is 216 g/mol. The van der Waals surface area contributed by atoms with E-state index in [2.05, 4.69) is 24.9 Å². The normalized spacial score (nSPS) is 23.9. The Labute approximate surface area is 95.1 Å². The van der Waals surface area contributed by atoms with Crippen molar-refractivity contribution in [1.29, 1.82) is 5.26 Å². The second-order valence-electron chi connectivity index (χ2n) is 4.91. The molecule has 1 aliphatic carbocycles. The minimum atomic E-state index is -0.360. The molecular weight excluding hydrogens is 200 g/mol. The van der Waals surface area contributed by atoms with Crippen LogP contribution in [0.3, 0.4) is 0 Å². The maximum absolute atomic E-state index is 11.7. The number of rotatable bonds is 1. The number of aryl methyl sites for hydroxylation is 1. The van der Waals surface area contributed by atoms with Gasteiger partial charge in [0.2, 0.25) is 0 Å². The van der Waals surface area contributed by atoms with Crippen molar-refractivity contribution in [2.24, 2.45) is 11.3 Å². The van der Waals surface area contributed by atoms with Crippen LogP contribution in [0.15, 0.2) is 17.1 Å². The number of nitrogens with zero attached hydrogens (tertiary/aromatic N) is 1. The van der Waals surface area contributed by atoms with E-state index >= 15 is 0 Å². The summed E-state index contributed by atoms with van der Waals surface area (Å²) in [5.41, 5.74) is 1.53. The Balaban J connectivity index is 2.48. The van der Waals surface area contributed by atoms with Gasteiger partial charge in [0, 0.05) is 11.8 Å². The van der Waals surface area contributed by atoms with Gasteiger partial charge in [-0.1, -0.05) is 13.8 Å². The quantitative estimate of drug-likeness (QED) is 0.780. The average Bonchev–Trinajstić information content (AvgIpc) is 2.29. The molecule has 0 radical (unpaired) electrons. The second-order valence-corrected chi connectivity index (χ2v) is 4.91. The minimum Gasteiger partial charge on any atom is -0.329 e. The van der Waals surface area contributed by atoms with E-state index in [1.165, 1.54) is 0 Å². The highest BCUT2D eigenvalue weighted by Crippen LogP contribution is 2.39. The third kappa shape index (κ3) is 1.55. The van der Waals surface area contributed by atoms with E-state index in [9.17, 15) is 10.1 Å². The molecule has 0 fully saturated rings. The first-order valence-electron chi connectivity index (χ1n) is 5.70. The van der Waals surface area contributed by atoms with Gasteiger partial charge in [-0.25, -0.2) is 0 Å². The summed E-state index contributed by atoms with van der Waals surface area (Å²) in [6.07, 6.45) is 3.98. The van der Waals surface area contributed by atoms with Crippen LogP contribution < -0.4 is 5.56 Å². The highest BCUT2D eigenvalue weighted by molar-refractivity contribution is 5.30. The SMILES string of the molecule is CC(C)C1(C#N)CCc2cc[nH]c(=O)c2C1. The fourth-order valence-electron chi connectivity index (χ4n) is 2.46. The maximum atomic E-state index is 11.7. The van der Waals surface area contributed by atoms with Gasteiger partial charge < -0.3 is 4.98 Å². The first kappa shape index (κ1) is 10.9. The number of nitriles is 1. The molecule has 1 aliphatic rings. The van der Waals surface area contributed by atoms with Crippen LogP contribution in [-0.2, 0) is 12.8 Å². The van der Waals surface area contributed by atoms with E-state index in [0.717, 1.165) is 24.0 Å². The molecule has 2 rings (SSSR count). The molecule has 0 bridgehead atoms. The Bertz CT molecular complexity index is 495. The maximum Gasteiger partial charge on any atom is 0.251 e. The molecule has 1 aromatic rings. The van der Waals surface area contributed by atoms with Gasteiger partial charge in [-0.3, -0.25) is 4.79 Å². The highest BCUT2D eigenvalue weighted by Gasteiger charge is 2.38. The number of fused-ring (bicyclic) bond motifs is 1. The zero-order valence-electron chi connectivity index (χ0n) is 9.71. The summed E-state index contributed by atoms with van der Waals surface area (Å²) in [4.78, 5) is 14.4. The summed E-state index contributed by atoms with van der Waals surface area (Å²) in [5.74, 6) is 0.283. The minimum absolute atomic E-state index is 0.0301. The van der Waals surface area contributed by atoms with Gasteiger partial charge in [0.05, 0.1) is 11.5 Å². The van der Waals surface area contributed by atoms with Crippen LogP contribution in [0.1, 0.15) is 31.4 Å². The van der Waals surface area contributed by atoms with Crippen LogP contribution in [0, 0.1) is 22.7 Å². The Morgan fingerprint density at radius 1 is 1.56 bits per heavy atom. The summed E-state index contributed by atoms with van der Waals surface area (Å²) in [6, 6.07) is 4.39. The van der Waals surface area contributed by atoms with Crippen molar-refractivity contribution in [2.75, 3.05) is 0 Å². The van der Waals surface area contributed by atoms with E-state index < -0.39 is 0 Å². The Morgan fingerprint density at radius 2 is 2.31 bits per heavy atom. The zero-order valence-corrected chi connectivity index (χ0v) is 9.71. The van der Waals surface area contributed by atoms with Crippen molar-refractivity contribution in [3.8, 4) is 6.07 Å². The van der Waals surface area contributed by atoms with Crippen LogP contribution in [-0.4, -0.2) is 4.98 Å². The lowest BCUT2D eigenvalue weighted by atomic mass is 9.66. The number of pyridine rings is 1. The Hall–Kier alpha value is -1.56. The first-order chi connectivity index (χ1) is 7.59. The van der Waals surface area contributed by atoms with E-state index in [-0.39, 0.29) is 16.9 Å². The van der Waals surface area contributed by atoms with E-state index in [1.807, 2.05) is 6.07 Å². The van der Waals surface area contributed by atoms with Crippen LogP contribution in [0.2, 0.25) is 0 Å². The molecule has 16 heavy (non-hydrogen) atoms. The lowest BCUT2D eigenvalue weighted by Crippen LogP contribution is -2.35. The van der Waals surface area contributed by atoms with Crippen LogP contribution in [0.5, 0.6) is 0 Å². The Kier molecular flexibility index (Phi) is 2.59. The number of aromatic amines is 1. The molecule has 84 valence electrons. The predicted molar refractivity (Wildman–Crippen MR) is 62.0 cm³/mol. The van der Waals surface area contributed by atoms with Crippen molar-refractivity contribution in [3.05, 3.63) is 33.7 Å². The van der Waals surface area contributed by atoms with Crippen LogP contribution >= 0.6 is 0 Å². The van der Waals surface area contributed by atoms with E-state index in [4.69, 9.17) is 0 Å². The van der Waals surface area contributed by atoms with Gasteiger partial charge in [-0.2, -0.15) is 5.26 Å². The van der Waals surface area contributed by atoms with Gasteiger partial charge in [0.25, 0.3) is 5.56 Å². The summed E-state index contributed by atoms with van der Waals surface area (Å²) in [7, 11) is 0. The number of H-pyrrole nitrogens is 1. The van der Waals surface area contributed by atoms with Gasteiger partial charge in [0.1, 0.15) is 0 Å². The zero-order chi connectivity index (χ0) is 11.8. The molecule has 3 nitrogen and oxygen atoms in total. The van der Waals surface area contributed by atoms with Gasteiger partial charge in [-0.05, 0) is 36.8 Å². The van der Waals surface area contributed by atoms with Crippen LogP contribution in [0.25, 0.3) is 0 Å².